The Morgan fingerprint density at radius 3 is 2.40 bits per heavy atom. The Morgan fingerprint density at radius 1 is 0.900 bits per heavy atom. The number of ether oxygens (including phenoxy) is 3. The molecular formula is C24H23N3O3. The molecule has 6 nitrogen and oxygen atoms in total. The molecule has 0 amide bonds. The van der Waals surface area contributed by atoms with Crippen molar-refractivity contribution in [2.75, 3.05) is 14.2 Å². The monoisotopic (exact) mass is 401 g/mol. The summed E-state index contributed by atoms with van der Waals surface area (Å²) < 4.78 is 16.7. The van der Waals surface area contributed by atoms with Gasteiger partial charge >= 0.3 is 0 Å². The van der Waals surface area contributed by atoms with Crippen LogP contribution in [0.15, 0.2) is 71.8 Å². The fourth-order valence-corrected chi connectivity index (χ4v) is 2.89. The second-order valence-corrected chi connectivity index (χ2v) is 6.37. The van der Waals surface area contributed by atoms with E-state index in [0.717, 1.165) is 22.4 Å². The third kappa shape index (κ3) is 5.30. The molecule has 0 heterocycles. The summed E-state index contributed by atoms with van der Waals surface area (Å²) in [7, 11) is 3.24. The smallest absolute Gasteiger partial charge is 0.161 e. The van der Waals surface area contributed by atoms with Crippen LogP contribution in [0.2, 0.25) is 0 Å². The van der Waals surface area contributed by atoms with Crippen LogP contribution in [0.25, 0.3) is 0 Å². The van der Waals surface area contributed by atoms with E-state index in [1.54, 1.807) is 26.5 Å². The lowest BCUT2D eigenvalue weighted by Gasteiger charge is -2.12. The first-order valence-electron chi connectivity index (χ1n) is 9.42. The molecule has 6 heteroatoms. The van der Waals surface area contributed by atoms with E-state index in [0.29, 0.717) is 23.6 Å². The van der Waals surface area contributed by atoms with E-state index in [4.69, 9.17) is 14.2 Å². The van der Waals surface area contributed by atoms with Crippen molar-refractivity contribution in [2.24, 2.45) is 5.10 Å². The highest BCUT2D eigenvalue weighted by Gasteiger charge is 2.08. The van der Waals surface area contributed by atoms with Crippen LogP contribution in [0.3, 0.4) is 0 Å². The number of para-hydroxylation sites is 1. The number of hydrogen-bond donors (Lipinski definition) is 1. The first kappa shape index (κ1) is 20.7. The van der Waals surface area contributed by atoms with Crippen LogP contribution in [0.1, 0.15) is 22.3 Å². The summed E-state index contributed by atoms with van der Waals surface area (Å²) in [6.45, 7) is 0.838. The standard InChI is InChI=1S/C24H23N3O3/c1-28-22-10-6-5-8-20(22)16-27-26-15-18-11-12-23(24(13-18)29-2)30-17-21-9-4-3-7-19(21)14-25/h3-13,15,27H,16-17H2,1-2H3/b26-15+. The zero-order valence-electron chi connectivity index (χ0n) is 17.0. The van der Waals surface area contributed by atoms with Crippen LogP contribution in [0.4, 0.5) is 0 Å². The molecule has 1 N–H and O–H groups in total. The molecule has 152 valence electrons. The van der Waals surface area contributed by atoms with Crippen molar-refractivity contribution < 1.29 is 14.2 Å². The molecule has 0 aliphatic rings. The molecule has 0 spiro atoms. The lowest BCUT2D eigenvalue weighted by Crippen LogP contribution is -2.07. The molecule has 0 saturated heterocycles. The van der Waals surface area contributed by atoms with Gasteiger partial charge in [-0.05, 0) is 35.9 Å². The molecule has 3 rings (SSSR count). The number of hydrogen-bond acceptors (Lipinski definition) is 6. The average molecular weight is 401 g/mol. The van der Waals surface area contributed by atoms with Gasteiger partial charge < -0.3 is 19.6 Å². The third-order valence-electron chi connectivity index (χ3n) is 4.48. The van der Waals surface area contributed by atoms with Crippen molar-refractivity contribution in [3.63, 3.8) is 0 Å². The van der Waals surface area contributed by atoms with E-state index < -0.39 is 0 Å². The number of rotatable bonds is 9. The Balaban J connectivity index is 1.62. The number of nitrogens with zero attached hydrogens (tertiary/aromatic N) is 2. The summed E-state index contributed by atoms with van der Waals surface area (Å²) in [5, 5.41) is 13.5. The van der Waals surface area contributed by atoms with E-state index in [9.17, 15) is 5.26 Å². The molecule has 3 aromatic rings. The quantitative estimate of drug-likeness (QED) is 0.428. The van der Waals surface area contributed by atoms with Crippen LogP contribution in [-0.2, 0) is 13.2 Å². The highest BCUT2D eigenvalue weighted by Crippen LogP contribution is 2.28. The Kier molecular flexibility index (Phi) is 7.28. The molecular weight excluding hydrogens is 378 g/mol. The van der Waals surface area contributed by atoms with Gasteiger partial charge in [-0.2, -0.15) is 10.4 Å². The van der Waals surface area contributed by atoms with Crippen LogP contribution < -0.4 is 19.6 Å². The first-order chi connectivity index (χ1) is 14.7. The van der Waals surface area contributed by atoms with Crippen molar-refractivity contribution >= 4 is 6.21 Å². The SMILES string of the molecule is COc1ccccc1CN/N=C/c1ccc(OCc2ccccc2C#N)c(OC)c1. The summed E-state index contributed by atoms with van der Waals surface area (Å²) in [6.07, 6.45) is 1.71. The summed E-state index contributed by atoms with van der Waals surface area (Å²) in [5.41, 5.74) is 6.34. The van der Waals surface area contributed by atoms with E-state index in [1.165, 1.54) is 0 Å². The summed E-state index contributed by atoms with van der Waals surface area (Å²) in [6, 6.07) is 22.9. The fraction of sp³-hybridized carbons (Fsp3) is 0.167. The zero-order chi connectivity index (χ0) is 21.2. The molecule has 0 fully saturated rings. The first-order valence-corrected chi connectivity index (χ1v) is 9.42. The van der Waals surface area contributed by atoms with Gasteiger partial charge in [-0.25, -0.2) is 0 Å². The Labute approximate surface area is 176 Å². The van der Waals surface area contributed by atoms with Crippen LogP contribution in [-0.4, -0.2) is 20.4 Å². The van der Waals surface area contributed by atoms with Gasteiger partial charge in [0.05, 0.1) is 38.6 Å². The Hall–Kier alpha value is -3.98. The predicted molar refractivity (Wildman–Crippen MR) is 116 cm³/mol. The highest BCUT2D eigenvalue weighted by atomic mass is 16.5. The van der Waals surface area contributed by atoms with Gasteiger partial charge in [0.2, 0.25) is 0 Å². The van der Waals surface area contributed by atoms with Gasteiger partial charge in [0, 0.05) is 11.1 Å². The van der Waals surface area contributed by atoms with Crippen molar-refractivity contribution in [3.8, 4) is 23.3 Å². The van der Waals surface area contributed by atoms with Gasteiger partial charge in [0.1, 0.15) is 12.4 Å². The lowest BCUT2D eigenvalue weighted by atomic mass is 10.1. The minimum atomic E-state index is 0.286. The highest BCUT2D eigenvalue weighted by molar-refractivity contribution is 5.80. The topological polar surface area (TPSA) is 75.9 Å². The van der Waals surface area contributed by atoms with Gasteiger partial charge in [-0.3, -0.25) is 0 Å². The molecule has 0 unspecified atom stereocenters. The maximum absolute atomic E-state index is 9.20. The third-order valence-corrected chi connectivity index (χ3v) is 4.48. The maximum Gasteiger partial charge on any atom is 0.161 e. The van der Waals surface area contributed by atoms with Gasteiger partial charge in [0.15, 0.2) is 11.5 Å². The van der Waals surface area contributed by atoms with Crippen LogP contribution >= 0.6 is 0 Å². The average Bonchev–Trinajstić information content (AvgIpc) is 2.81. The number of nitriles is 1. The number of nitrogens with one attached hydrogen (secondary N) is 1. The molecule has 30 heavy (non-hydrogen) atoms. The Morgan fingerprint density at radius 2 is 1.63 bits per heavy atom. The zero-order valence-corrected chi connectivity index (χ0v) is 17.0. The largest absolute Gasteiger partial charge is 0.496 e. The van der Waals surface area contributed by atoms with Gasteiger partial charge in [0.25, 0.3) is 0 Å². The lowest BCUT2D eigenvalue weighted by molar-refractivity contribution is 0.284. The van der Waals surface area contributed by atoms with Crippen molar-refractivity contribution in [1.29, 1.82) is 5.26 Å². The van der Waals surface area contributed by atoms with Crippen molar-refractivity contribution in [1.82, 2.24) is 5.43 Å². The maximum atomic E-state index is 9.20. The molecule has 0 radical (unpaired) electrons. The van der Waals surface area contributed by atoms with E-state index in [-0.39, 0.29) is 6.61 Å². The molecule has 0 bridgehead atoms. The molecule has 0 aromatic heterocycles. The van der Waals surface area contributed by atoms with Gasteiger partial charge in [-0.1, -0.05) is 36.4 Å². The molecule has 0 atom stereocenters. The summed E-state index contributed by atoms with van der Waals surface area (Å²) in [5.74, 6) is 2.02. The van der Waals surface area contributed by atoms with E-state index in [2.05, 4.69) is 16.6 Å². The minimum Gasteiger partial charge on any atom is -0.496 e. The predicted octanol–water partition coefficient (Wildman–Crippen LogP) is 4.28. The van der Waals surface area contributed by atoms with E-state index >= 15 is 0 Å². The number of benzene rings is 3. The van der Waals surface area contributed by atoms with Gasteiger partial charge in [-0.15, -0.1) is 0 Å². The molecule has 0 aliphatic heterocycles. The second kappa shape index (κ2) is 10.5. The normalized spacial score (nSPS) is 10.4. The van der Waals surface area contributed by atoms with Crippen LogP contribution in [0, 0.1) is 11.3 Å². The number of methoxy groups -OCH3 is 2. The summed E-state index contributed by atoms with van der Waals surface area (Å²) in [4.78, 5) is 0. The van der Waals surface area contributed by atoms with Crippen molar-refractivity contribution in [2.45, 2.75) is 13.2 Å². The Bertz CT molecular complexity index is 1060. The second-order valence-electron chi connectivity index (χ2n) is 6.37. The fourth-order valence-electron chi connectivity index (χ4n) is 2.89. The van der Waals surface area contributed by atoms with Crippen LogP contribution in [0.5, 0.6) is 17.2 Å². The van der Waals surface area contributed by atoms with E-state index in [1.807, 2.05) is 60.7 Å². The molecule has 0 saturated carbocycles. The number of hydrazone groups is 1. The summed E-state index contributed by atoms with van der Waals surface area (Å²) >= 11 is 0. The molecule has 0 aliphatic carbocycles. The van der Waals surface area contributed by atoms with Crippen molar-refractivity contribution in [3.05, 3.63) is 89.0 Å². The molecule has 3 aromatic carbocycles. The minimum absolute atomic E-state index is 0.286.